The van der Waals surface area contributed by atoms with E-state index >= 15 is 0 Å². The molecule has 2 aromatic rings. The number of H-pyrrole nitrogens is 1. The van der Waals surface area contributed by atoms with E-state index < -0.39 is 11.7 Å². The quantitative estimate of drug-likeness (QED) is 0.789. The van der Waals surface area contributed by atoms with Gasteiger partial charge in [-0.2, -0.15) is 0 Å². The molecule has 1 heterocycles. The topological polar surface area (TPSA) is 66.2 Å². The monoisotopic (exact) mass is 301 g/mol. The molecular weight excluding hydrogens is 278 g/mol. The molecule has 0 aliphatic rings. The Kier molecular flexibility index (Phi) is 5.09. The van der Waals surface area contributed by atoms with Crippen LogP contribution in [0.2, 0.25) is 0 Å². The molecule has 0 fully saturated rings. The van der Waals surface area contributed by atoms with Crippen LogP contribution in [0.3, 0.4) is 0 Å². The summed E-state index contributed by atoms with van der Waals surface area (Å²) >= 11 is 0. The number of anilines is 1. The number of ether oxygens (including phenoxy) is 1. The molecule has 0 saturated carbocycles. The Balaban J connectivity index is 1.92. The van der Waals surface area contributed by atoms with Crippen LogP contribution in [-0.2, 0) is 17.8 Å². The fourth-order valence-corrected chi connectivity index (χ4v) is 1.99. The molecular formula is C17H23N3O2. The lowest BCUT2D eigenvalue weighted by atomic mass is 10.1. The SMILES string of the molecule is CC(C)(C)OC(=O)NCc1ccccc1NCc1cc[nH]c1. The zero-order chi connectivity index (χ0) is 16.0. The second-order valence-corrected chi connectivity index (χ2v) is 6.09. The highest BCUT2D eigenvalue weighted by Crippen LogP contribution is 2.16. The molecule has 0 aliphatic carbocycles. The van der Waals surface area contributed by atoms with Gasteiger partial charge in [-0.05, 0) is 44.0 Å². The van der Waals surface area contributed by atoms with Crippen LogP contribution in [0, 0.1) is 0 Å². The van der Waals surface area contributed by atoms with Crippen molar-refractivity contribution in [3.63, 3.8) is 0 Å². The first-order valence-electron chi connectivity index (χ1n) is 7.34. The Hall–Kier alpha value is -2.43. The average Bonchev–Trinajstić information content (AvgIpc) is 2.95. The van der Waals surface area contributed by atoms with Crippen LogP contribution in [0.25, 0.3) is 0 Å². The van der Waals surface area contributed by atoms with Gasteiger partial charge in [0, 0.05) is 31.2 Å². The van der Waals surface area contributed by atoms with Crippen molar-refractivity contribution in [1.82, 2.24) is 10.3 Å². The fraction of sp³-hybridized carbons (Fsp3) is 0.353. The first kappa shape index (κ1) is 15.9. The van der Waals surface area contributed by atoms with Gasteiger partial charge >= 0.3 is 6.09 Å². The van der Waals surface area contributed by atoms with Crippen LogP contribution in [-0.4, -0.2) is 16.7 Å². The molecule has 0 bridgehead atoms. The van der Waals surface area contributed by atoms with E-state index in [-0.39, 0.29) is 0 Å². The third kappa shape index (κ3) is 5.16. The Morgan fingerprint density at radius 1 is 1.18 bits per heavy atom. The number of carbonyl (C=O) groups excluding carboxylic acids is 1. The molecule has 1 aromatic carbocycles. The summed E-state index contributed by atoms with van der Waals surface area (Å²) in [4.78, 5) is 14.8. The van der Waals surface area contributed by atoms with Crippen LogP contribution in [0.5, 0.6) is 0 Å². The van der Waals surface area contributed by atoms with Crippen molar-refractivity contribution in [3.05, 3.63) is 53.9 Å². The Morgan fingerprint density at radius 3 is 2.64 bits per heavy atom. The zero-order valence-corrected chi connectivity index (χ0v) is 13.3. The molecule has 1 amide bonds. The van der Waals surface area contributed by atoms with E-state index in [9.17, 15) is 4.79 Å². The van der Waals surface area contributed by atoms with Gasteiger partial charge in [0.1, 0.15) is 5.60 Å². The van der Waals surface area contributed by atoms with E-state index in [1.165, 1.54) is 5.56 Å². The highest BCUT2D eigenvalue weighted by molar-refractivity contribution is 5.68. The molecule has 0 aliphatic heterocycles. The predicted molar refractivity (Wildman–Crippen MR) is 87.6 cm³/mol. The molecule has 0 atom stereocenters. The molecule has 0 saturated heterocycles. The van der Waals surface area contributed by atoms with E-state index in [1.54, 1.807) is 0 Å². The van der Waals surface area contributed by atoms with Crippen LogP contribution >= 0.6 is 0 Å². The maximum Gasteiger partial charge on any atom is 0.407 e. The molecule has 1 aromatic heterocycles. The number of aromatic amines is 1. The van der Waals surface area contributed by atoms with Crippen molar-refractivity contribution in [2.75, 3.05) is 5.32 Å². The number of aromatic nitrogens is 1. The number of hydrogen-bond donors (Lipinski definition) is 3. The Morgan fingerprint density at radius 2 is 1.95 bits per heavy atom. The van der Waals surface area contributed by atoms with Gasteiger partial charge in [-0.25, -0.2) is 4.79 Å². The van der Waals surface area contributed by atoms with Crippen LogP contribution in [0.4, 0.5) is 10.5 Å². The van der Waals surface area contributed by atoms with E-state index in [1.807, 2.05) is 63.5 Å². The summed E-state index contributed by atoms with van der Waals surface area (Å²) in [5.41, 5.74) is 2.70. The van der Waals surface area contributed by atoms with Crippen molar-refractivity contribution >= 4 is 11.8 Å². The van der Waals surface area contributed by atoms with Crippen LogP contribution in [0.15, 0.2) is 42.7 Å². The van der Waals surface area contributed by atoms with E-state index in [2.05, 4.69) is 15.6 Å². The number of alkyl carbamates (subject to hydrolysis) is 1. The molecule has 5 heteroatoms. The lowest BCUT2D eigenvalue weighted by molar-refractivity contribution is 0.0523. The summed E-state index contributed by atoms with van der Waals surface area (Å²) in [6, 6.07) is 9.92. The third-order valence-corrected chi connectivity index (χ3v) is 2.98. The molecule has 0 unspecified atom stereocenters. The van der Waals surface area contributed by atoms with Crippen LogP contribution < -0.4 is 10.6 Å². The smallest absolute Gasteiger partial charge is 0.407 e. The largest absolute Gasteiger partial charge is 0.444 e. The molecule has 2 rings (SSSR count). The average molecular weight is 301 g/mol. The first-order chi connectivity index (χ1) is 10.4. The van der Waals surface area contributed by atoms with Gasteiger partial charge in [0.05, 0.1) is 0 Å². The fourth-order valence-electron chi connectivity index (χ4n) is 1.99. The Labute approximate surface area is 131 Å². The van der Waals surface area contributed by atoms with Gasteiger partial charge < -0.3 is 20.4 Å². The minimum Gasteiger partial charge on any atom is -0.444 e. The van der Waals surface area contributed by atoms with Gasteiger partial charge in [0.15, 0.2) is 0 Å². The molecule has 0 radical (unpaired) electrons. The van der Waals surface area contributed by atoms with Gasteiger partial charge in [-0.1, -0.05) is 18.2 Å². The predicted octanol–water partition coefficient (Wildman–Crippen LogP) is 3.65. The van der Waals surface area contributed by atoms with Crippen molar-refractivity contribution in [2.45, 2.75) is 39.5 Å². The van der Waals surface area contributed by atoms with Crippen molar-refractivity contribution in [2.24, 2.45) is 0 Å². The molecule has 0 spiro atoms. The maximum atomic E-state index is 11.7. The summed E-state index contributed by atoms with van der Waals surface area (Å²) in [5, 5.41) is 6.16. The summed E-state index contributed by atoms with van der Waals surface area (Å²) in [5.74, 6) is 0. The van der Waals surface area contributed by atoms with E-state index in [0.29, 0.717) is 6.54 Å². The number of hydrogen-bond acceptors (Lipinski definition) is 3. The summed E-state index contributed by atoms with van der Waals surface area (Å²) in [6.07, 6.45) is 3.44. The second-order valence-electron chi connectivity index (χ2n) is 6.09. The lowest BCUT2D eigenvalue weighted by Gasteiger charge is -2.20. The van der Waals surface area contributed by atoms with Crippen LogP contribution in [0.1, 0.15) is 31.9 Å². The summed E-state index contributed by atoms with van der Waals surface area (Å²) in [7, 11) is 0. The summed E-state index contributed by atoms with van der Waals surface area (Å²) < 4.78 is 5.24. The third-order valence-electron chi connectivity index (χ3n) is 2.98. The minimum atomic E-state index is -0.490. The molecule has 118 valence electrons. The Bertz CT molecular complexity index is 601. The zero-order valence-electron chi connectivity index (χ0n) is 13.3. The highest BCUT2D eigenvalue weighted by Gasteiger charge is 2.16. The van der Waals surface area contributed by atoms with Crippen molar-refractivity contribution in [3.8, 4) is 0 Å². The first-order valence-corrected chi connectivity index (χ1v) is 7.34. The standard InChI is InChI=1S/C17H23N3O2/c1-17(2,3)22-16(21)20-12-14-6-4-5-7-15(14)19-11-13-8-9-18-10-13/h4-10,18-19H,11-12H2,1-3H3,(H,20,21). The summed E-state index contributed by atoms with van der Waals surface area (Å²) in [6.45, 7) is 6.69. The van der Waals surface area contributed by atoms with Gasteiger partial charge in [0.2, 0.25) is 0 Å². The number of carbonyl (C=O) groups is 1. The number of nitrogens with one attached hydrogen (secondary N) is 3. The number of amides is 1. The molecule has 5 nitrogen and oxygen atoms in total. The molecule has 22 heavy (non-hydrogen) atoms. The highest BCUT2D eigenvalue weighted by atomic mass is 16.6. The van der Waals surface area contributed by atoms with E-state index in [4.69, 9.17) is 4.74 Å². The van der Waals surface area contributed by atoms with Gasteiger partial charge in [-0.3, -0.25) is 0 Å². The van der Waals surface area contributed by atoms with Gasteiger partial charge in [0.25, 0.3) is 0 Å². The molecule has 3 N–H and O–H groups in total. The number of rotatable bonds is 5. The van der Waals surface area contributed by atoms with Crippen molar-refractivity contribution in [1.29, 1.82) is 0 Å². The van der Waals surface area contributed by atoms with Crippen molar-refractivity contribution < 1.29 is 9.53 Å². The number of benzene rings is 1. The number of para-hydroxylation sites is 1. The normalized spacial score (nSPS) is 11.0. The minimum absolute atomic E-state index is 0.409. The maximum absolute atomic E-state index is 11.7. The van der Waals surface area contributed by atoms with E-state index in [0.717, 1.165) is 17.8 Å². The van der Waals surface area contributed by atoms with Gasteiger partial charge in [-0.15, -0.1) is 0 Å². The second kappa shape index (κ2) is 7.02. The lowest BCUT2D eigenvalue weighted by Crippen LogP contribution is -2.32.